The standard InChI is InChI=1S/C19H17F3N6O3/c20-19(21,22)14-7-4-8-27(17(14)31)10-16(30)25-18-24-12-28(26-18)11-15(29)23-9-13-5-2-1-3-6-13/h1-8,12H,9-11H2,(H,23,29)(H,25,26,30). The quantitative estimate of drug-likeness (QED) is 0.584. The Kier molecular flexibility index (Phi) is 6.48. The largest absolute Gasteiger partial charge is 0.421 e. The molecule has 162 valence electrons. The van der Waals surface area contributed by atoms with Crippen LogP contribution < -0.4 is 16.2 Å². The Morgan fingerprint density at radius 1 is 1.00 bits per heavy atom. The van der Waals surface area contributed by atoms with Crippen molar-refractivity contribution in [3.8, 4) is 0 Å². The van der Waals surface area contributed by atoms with E-state index in [-0.39, 0.29) is 18.4 Å². The van der Waals surface area contributed by atoms with Crippen LogP contribution in [0.4, 0.5) is 19.1 Å². The van der Waals surface area contributed by atoms with E-state index >= 15 is 0 Å². The van der Waals surface area contributed by atoms with E-state index in [9.17, 15) is 27.6 Å². The van der Waals surface area contributed by atoms with E-state index in [0.717, 1.165) is 17.8 Å². The number of rotatable bonds is 7. The minimum absolute atomic E-state index is 0.150. The van der Waals surface area contributed by atoms with Gasteiger partial charge in [0.25, 0.3) is 5.56 Å². The number of benzene rings is 1. The van der Waals surface area contributed by atoms with Crippen molar-refractivity contribution in [2.45, 2.75) is 25.8 Å². The first kappa shape index (κ1) is 21.7. The molecule has 31 heavy (non-hydrogen) atoms. The fourth-order valence-corrected chi connectivity index (χ4v) is 2.62. The lowest BCUT2D eigenvalue weighted by atomic mass is 10.2. The van der Waals surface area contributed by atoms with Crippen LogP contribution in [0.2, 0.25) is 0 Å². The molecule has 2 N–H and O–H groups in total. The second kappa shape index (κ2) is 9.24. The van der Waals surface area contributed by atoms with Gasteiger partial charge in [0.2, 0.25) is 17.8 Å². The molecule has 0 radical (unpaired) electrons. The minimum atomic E-state index is -4.82. The zero-order chi connectivity index (χ0) is 22.4. The van der Waals surface area contributed by atoms with E-state index in [0.29, 0.717) is 17.2 Å². The summed E-state index contributed by atoms with van der Waals surface area (Å²) in [5.74, 6) is -1.28. The van der Waals surface area contributed by atoms with E-state index in [1.807, 2.05) is 30.3 Å². The topological polar surface area (TPSA) is 111 Å². The number of amides is 2. The van der Waals surface area contributed by atoms with E-state index in [1.165, 1.54) is 11.0 Å². The Bertz CT molecular complexity index is 1120. The Morgan fingerprint density at radius 2 is 1.74 bits per heavy atom. The van der Waals surface area contributed by atoms with Gasteiger partial charge in [0, 0.05) is 12.7 Å². The Hall–Kier alpha value is -3.96. The molecule has 0 aliphatic rings. The highest BCUT2D eigenvalue weighted by Gasteiger charge is 2.34. The number of aromatic nitrogens is 4. The van der Waals surface area contributed by atoms with E-state index < -0.39 is 29.8 Å². The molecule has 0 fully saturated rings. The minimum Gasteiger partial charge on any atom is -0.350 e. The van der Waals surface area contributed by atoms with Crippen molar-refractivity contribution < 1.29 is 22.8 Å². The number of alkyl halides is 3. The second-order valence-corrected chi connectivity index (χ2v) is 6.43. The fourth-order valence-electron chi connectivity index (χ4n) is 2.62. The molecule has 0 saturated carbocycles. The maximum atomic E-state index is 12.8. The highest BCUT2D eigenvalue weighted by Crippen LogP contribution is 2.25. The van der Waals surface area contributed by atoms with Crippen LogP contribution in [0.25, 0.3) is 0 Å². The molecule has 0 bridgehead atoms. The number of pyridine rings is 1. The van der Waals surface area contributed by atoms with Crippen molar-refractivity contribution in [1.29, 1.82) is 0 Å². The third-order valence-corrected chi connectivity index (χ3v) is 4.07. The van der Waals surface area contributed by atoms with Crippen molar-refractivity contribution in [2.24, 2.45) is 0 Å². The number of carbonyl (C=O) groups is 2. The predicted octanol–water partition coefficient (Wildman–Crippen LogP) is 1.41. The van der Waals surface area contributed by atoms with Gasteiger partial charge in [0.05, 0.1) is 0 Å². The smallest absolute Gasteiger partial charge is 0.350 e. The molecule has 2 aromatic heterocycles. The van der Waals surface area contributed by atoms with Crippen LogP contribution in [0.3, 0.4) is 0 Å². The van der Waals surface area contributed by atoms with Crippen molar-refractivity contribution >= 4 is 17.8 Å². The molecule has 0 saturated heterocycles. The molecule has 0 unspecified atom stereocenters. The van der Waals surface area contributed by atoms with E-state index in [4.69, 9.17) is 0 Å². The first-order chi connectivity index (χ1) is 14.7. The predicted molar refractivity (Wildman–Crippen MR) is 103 cm³/mol. The Labute approximate surface area is 173 Å². The average Bonchev–Trinajstić information content (AvgIpc) is 3.14. The maximum Gasteiger partial charge on any atom is 0.421 e. The summed E-state index contributed by atoms with van der Waals surface area (Å²) < 4.78 is 40.2. The van der Waals surface area contributed by atoms with Crippen LogP contribution in [0.15, 0.2) is 59.8 Å². The SMILES string of the molecule is O=C(Cn1cnc(NC(=O)Cn2cccc(C(F)(F)F)c2=O)n1)NCc1ccccc1. The Morgan fingerprint density at radius 3 is 2.45 bits per heavy atom. The van der Waals surface area contributed by atoms with E-state index in [1.54, 1.807) is 0 Å². The summed E-state index contributed by atoms with van der Waals surface area (Å²) in [6.07, 6.45) is -2.54. The monoisotopic (exact) mass is 434 g/mol. The first-order valence-corrected chi connectivity index (χ1v) is 8.99. The van der Waals surface area contributed by atoms with Gasteiger partial charge in [0.15, 0.2) is 0 Å². The highest BCUT2D eigenvalue weighted by atomic mass is 19.4. The molecule has 0 aliphatic heterocycles. The normalized spacial score (nSPS) is 11.2. The summed E-state index contributed by atoms with van der Waals surface area (Å²) in [5, 5.41) is 8.89. The molecule has 12 heteroatoms. The summed E-state index contributed by atoms with van der Waals surface area (Å²) in [5.41, 5.74) is -1.78. The molecule has 2 heterocycles. The van der Waals surface area contributed by atoms with Crippen molar-refractivity contribution in [2.75, 3.05) is 5.32 Å². The van der Waals surface area contributed by atoms with Crippen LogP contribution in [-0.2, 0) is 35.4 Å². The average molecular weight is 434 g/mol. The number of nitrogens with zero attached hydrogens (tertiary/aromatic N) is 4. The molecular formula is C19H17F3N6O3. The molecule has 9 nitrogen and oxygen atoms in total. The summed E-state index contributed by atoms with van der Waals surface area (Å²) in [6.45, 7) is -0.471. The zero-order valence-electron chi connectivity index (χ0n) is 16.0. The van der Waals surface area contributed by atoms with Crippen molar-refractivity contribution in [1.82, 2.24) is 24.6 Å². The van der Waals surface area contributed by atoms with Gasteiger partial charge in [-0.2, -0.15) is 13.2 Å². The number of nitrogens with one attached hydrogen (secondary N) is 2. The van der Waals surface area contributed by atoms with Gasteiger partial charge in [-0.3, -0.25) is 19.7 Å². The number of carbonyl (C=O) groups excluding carboxylic acids is 2. The Balaban J connectivity index is 1.54. The van der Waals surface area contributed by atoms with Crippen molar-refractivity contribution in [3.05, 3.63) is 76.5 Å². The van der Waals surface area contributed by atoms with Gasteiger partial charge in [-0.25, -0.2) is 9.67 Å². The second-order valence-electron chi connectivity index (χ2n) is 6.43. The van der Waals surface area contributed by atoms with Crippen LogP contribution in [0.5, 0.6) is 0 Å². The molecule has 1 aromatic carbocycles. The zero-order valence-corrected chi connectivity index (χ0v) is 16.0. The van der Waals surface area contributed by atoms with Gasteiger partial charge in [-0.05, 0) is 17.7 Å². The number of halogens is 3. The number of hydrogen-bond acceptors (Lipinski definition) is 5. The van der Waals surface area contributed by atoms with Crippen LogP contribution >= 0.6 is 0 Å². The third-order valence-electron chi connectivity index (χ3n) is 4.07. The molecule has 3 rings (SSSR count). The molecule has 0 atom stereocenters. The molecular weight excluding hydrogens is 417 g/mol. The van der Waals surface area contributed by atoms with Gasteiger partial charge >= 0.3 is 6.18 Å². The van der Waals surface area contributed by atoms with Gasteiger partial charge in [-0.1, -0.05) is 30.3 Å². The highest BCUT2D eigenvalue weighted by molar-refractivity contribution is 5.88. The fraction of sp³-hybridized carbons (Fsp3) is 0.211. The van der Waals surface area contributed by atoms with Crippen molar-refractivity contribution in [3.63, 3.8) is 0 Å². The molecule has 0 spiro atoms. The summed E-state index contributed by atoms with van der Waals surface area (Å²) in [7, 11) is 0. The lowest BCUT2D eigenvalue weighted by Gasteiger charge is -2.09. The van der Waals surface area contributed by atoms with Gasteiger partial charge < -0.3 is 9.88 Å². The molecule has 2 amide bonds. The molecule has 3 aromatic rings. The van der Waals surface area contributed by atoms with E-state index in [2.05, 4.69) is 20.7 Å². The van der Waals surface area contributed by atoms with Gasteiger partial charge in [-0.15, -0.1) is 5.10 Å². The van der Waals surface area contributed by atoms with Crippen LogP contribution in [0.1, 0.15) is 11.1 Å². The lowest BCUT2D eigenvalue weighted by Crippen LogP contribution is -2.32. The summed E-state index contributed by atoms with van der Waals surface area (Å²) in [6, 6.07) is 10.9. The number of hydrogen-bond donors (Lipinski definition) is 2. The summed E-state index contributed by atoms with van der Waals surface area (Å²) in [4.78, 5) is 39.8. The number of anilines is 1. The molecule has 0 aliphatic carbocycles. The van der Waals surface area contributed by atoms with Crippen LogP contribution in [0, 0.1) is 0 Å². The lowest BCUT2D eigenvalue weighted by molar-refractivity contribution is -0.139. The third kappa shape index (κ3) is 6.01. The maximum absolute atomic E-state index is 12.8. The summed E-state index contributed by atoms with van der Waals surface area (Å²) >= 11 is 0. The van der Waals surface area contributed by atoms with Crippen LogP contribution in [-0.4, -0.2) is 31.1 Å². The van der Waals surface area contributed by atoms with Gasteiger partial charge in [0.1, 0.15) is 25.0 Å². The first-order valence-electron chi connectivity index (χ1n) is 8.99.